The van der Waals surface area contributed by atoms with Gasteiger partial charge in [0.25, 0.3) is 0 Å². The zero-order valence-electron chi connectivity index (χ0n) is 11.0. The van der Waals surface area contributed by atoms with E-state index in [1.807, 2.05) is 0 Å². The molecule has 0 aromatic carbocycles. The van der Waals surface area contributed by atoms with E-state index in [4.69, 9.17) is 0 Å². The molecule has 0 aromatic rings. The standard InChI is InChI=1S/C13H28N2/c1-5-15(4)11-13(10-14-3)8-6-7-12(2)9-13/h12,14H,5-11H2,1-4H3. The Balaban J connectivity index is 2.59. The van der Waals surface area contributed by atoms with Crippen LogP contribution < -0.4 is 5.32 Å². The van der Waals surface area contributed by atoms with Crippen molar-refractivity contribution >= 4 is 0 Å². The Morgan fingerprint density at radius 2 is 2.20 bits per heavy atom. The average molecular weight is 212 g/mol. The van der Waals surface area contributed by atoms with Crippen molar-refractivity contribution in [2.24, 2.45) is 11.3 Å². The van der Waals surface area contributed by atoms with E-state index in [0.717, 1.165) is 5.92 Å². The van der Waals surface area contributed by atoms with E-state index < -0.39 is 0 Å². The topological polar surface area (TPSA) is 15.3 Å². The summed E-state index contributed by atoms with van der Waals surface area (Å²) < 4.78 is 0. The predicted molar refractivity (Wildman–Crippen MR) is 67.2 cm³/mol. The van der Waals surface area contributed by atoms with Gasteiger partial charge in [0.2, 0.25) is 0 Å². The van der Waals surface area contributed by atoms with Gasteiger partial charge in [-0.1, -0.05) is 26.7 Å². The third-order valence-corrected chi connectivity index (χ3v) is 3.88. The molecule has 0 aliphatic heterocycles. The summed E-state index contributed by atoms with van der Waals surface area (Å²) in [6, 6.07) is 0. The lowest BCUT2D eigenvalue weighted by Gasteiger charge is -2.42. The summed E-state index contributed by atoms with van der Waals surface area (Å²) in [4.78, 5) is 2.47. The summed E-state index contributed by atoms with van der Waals surface area (Å²) in [5.41, 5.74) is 0.539. The molecule has 2 unspecified atom stereocenters. The zero-order valence-corrected chi connectivity index (χ0v) is 11.0. The lowest BCUT2D eigenvalue weighted by Crippen LogP contribution is -2.45. The fourth-order valence-corrected chi connectivity index (χ4v) is 3.19. The second-order valence-electron chi connectivity index (χ2n) is 5.56. The number of hydrogen-bond donors (Lipinski definition) is 1. The van der Waals surface area contributed by atoms with Gasteiger partial charge in [-0.2, -0.15) is 0 Å². The van der Waals surface area contributed by atoms with E-state index in [1.165, 1.54) is 45.3 Å². The van der Waals surface area contributed by atoms with E-state index in [2.05, 4.69) is 38.2 Å². The van der Waals surface area contributed by atoms with Crippen molar-refractivity contribution in [3.05, 3.63) is 0 Å². The van der Waals surface area contributed by atoms with Crippen LogP contribution in [0.15, 0.2) is 0 Å². The minimum Gasteiger partial charge on any atom is -0.319 e. The minimum absolute atomic E-state index is 0.539. The van der Waals surface area contributed by atoms with E-state index in [9.17, 15) is 0 Å². The predicted octanol–water partition coefficient (Wildman–Crippen LogP) is 2.35. The van der Waals surface area contributed by atoms with Crippen molar-refractivity contribution in [2.75, 3.05) is 33.7 Å². The van der Waals surface area contributed by atoms with E-state index in [-0.39, 0.29) is 0 Å². The van der Waals surface area contributed by atoms with Crippen molar-refractivity contribution in [1.29, 1.82) is 0 Å². The van der Waals surface area contributed by atoms with Gasteiger partial charge in [-0.25, -0.2) is 0 Å². The number of rotatable bonds is 5. The summed E-state index contributed by atoms with van der Waals surface area (Å²) in [6.07, 6.45) is 5.66. The number of hydrogen-bond acceptors (Lipinski definition) is 2. The van der Waals surface area contributed by atoms with Gasteiger partial charge in [0.15, 0.2) is 0 Å². The van der Waals surface area contributed by atoms with Gasteiger partial charge >= 0.3 is 0 Å². The Morgan fingerprint density at radius 3 is 2.73 bits per heavy atom. The van der Waals surface area contributed by atoms with Crippen LogP contribution in [0.4, 0.5) is 0 Å². The van der Waals surface area contributed by atoms with Crippen molar-refractivity contribution < 1.29 is 0 Å². The third kappa shape index (κ3) is 3.76. The van der Waals surface area contributed by atoms with Gasteiger partial charge in [-0.15, -0.1) is 0 Å². The molecule has 90 valence electrons. The second kappa shape index (κ2) is 5.86. The maximum absolute atomic E-state index is 3.40. The van der Waals surface area contributed by atoms with Gasteiger partial charge in [-0.3, -0.25) is 0 Å². The van der Waals surface area contributed by atoms with Crippen molar-refractivity contribution in [1.82, 2.24) is 10.2 Å². The van der Waals surface area contributed by atoms with Crippen LogP contribution in [-0.2, 0) is 0 Å². The van der Waals surface area contributed by atoms with Gasteiger partial charge in [-0.05, 0) is 44.8 Å². The molecule has 0 aromatic heterocycles. The van der Waals surface area contributed by atoms with Gasteiger partial charge in [0, 0.05) is 13.1 Å². The highest BCUT2D eigenvalue weighted by atomic mass is 15.1. The van der Waals surface area contributed by atoms with Crippen LogP contribution in [0.1, 0.15) is 39.5 Å². The summed E-state index contributed by atoms with van der Waals surface area (Å²) in [6.45, 7) is 8.27. The molecule has 2 atom stereocenters. The highest BCUT2D eigenvalue weighted by Gasteiger charge is 2.34. The molecule has 0 saturated heterocycles. The monoisotopic (exact) mass is 212 g/mol. The van der Waals surface area contributed by atoms with E-state index in [1.54, 1.807) is 0 Å². The first-order valence-corrected chi connectivity index (χ1v) is 6.45. The van der Waals surface area contributed by atoms with Crippen LogP contribution in [0, 0.1) is 11.3 Å². The Hall–Kier alpha value is -0.0800. The second-order valence-corrected chi connectivity index (χ2v) is 5.56. The van der Waals surface area contributed by atoms with E-state index >= 15 is 0 Å². The molecule has 0 bridgehead atoms. The summed E-state index contributed by atoms with van der Waals surface area (Å²) >= 11 is 0. The smallest absolute Gasteiger partial charge is 0.00471 e. The molecule has 2 heteroatoms. The average Bonchev–Trinajstić information content (AvgIpc) is 2.17. The Kier molecular flexibility index (Phi) is 5.07. The summed E-state index contributed by atoms with van der Waals surface area (Å²) in [7, 11) is 4.34. The maximum Gasteiger partial charge on any atom is 0.00471 e. The van der Waals surface area contributed by atoms with Crippen molar-refractivity contribution in [3.63, 3.8) is 0 Å². The quantitative estimate of drug-likeness (QED) is 0.752. The third-order valence-electron chi connectivity index (χ3n) is 3.88. The number of nitrogens with one attached hydrogen (secondary N) is 1. The van der Waals surface area contributed by atoms with Crippen LogP contribution in [0.25, 0.3) is 0 Å². The first kappa shape index (κ1) is 13.0. The van der Waals surface area contributed by atoms with Crippen LogP contribution in [-0.4, -0.2) is 38.6 Å². The molecule has 0 heterocycles. The molecule has 1 rings (SSSR count). The normalized spacial score (nSPS) is 32.2. The van der Waals surface area contributed by atoms with Crippen LogP contribution in [0.2, 0.25) is 0 Å². The largest absolute Gasteiger partial charge is 0.319 e. The molecule has 2 nitrogen and oxygen atoms in total. The molecule has 0 amide bonds. The van der Waals surface area contributed by atoms with Crippen molar-refractivity contribution in [2.45, 2.75) is 39.5 Å². The molecular formula is C13H28N2. The van der Waals surface area contributed by atoms with Gasteiger partial charge in [0.05, 0.1) is 0 Å². The lowest BCUT2D eigenvalue weighted by molar-refractivity contribution is 0.0963. The Labute approximate surface area is 95.4 Å². The molecule has 1 N–H and O–H groups in total. The molecule has 0 spiro atoms. The molecule has 1 aliphatic rings. The van der Waals surface area contributed by atoms with Gasteiger partial charge in [0.1, 0.15) is 0 Å². The maximum atomic E-state index is 3.40. The zero-order chi connectivity index (χ0) is 11.3. The lowest BCUT2D eigenvalue weighted by atomic mass is 9.69. The van der Waals surface area contributed by atoms with Crippen molar-refractivity contribution in [3.8, 4) is 0 Å². The van der Waals surface area contributed by atoms with Gasteiger partial charge < -0.3 is 10.2 Å². The van der Waals surface area contributed by atoms with Crippen LogP contribution >= 0.6 is 0 Å². The van der Waals surface area contributed by atoms with Crippen LogP contribution in [0.3, 0.4) is 0 Å². The Morgan fingerprint density at radius 1 is 1.47 bits per heavy atom. The molecule has 1 saturated carbocycles. The van der Waals surface area contributed by atoms with Crippen LogP contribution in [0.5, 0.6) is 0 Å². The summed E-state index contributed by atoms with van der Waals surface area (Å²) in [5.74, 6) is 0.914. The first-order valence-electron chi connectivity index (χ1n) is 6.45. The molecule has 1 fully saturated rings. The fraction of sp³-hybridized carbons (Fsp3) is 1.00. The molecular weight excluding hydrogens is 184 g/mol. The molecule has 0 radical (unpaired) electrons. The minimum atomic E-state index is 0.539. The highest BCUT2D eigenvalue weighted by Crippen LogP contribution is 2.39. The van der Waals surface area contributed by atoms with E-state index in [0.29, 0.717) is 5.41 Å². The fourth-order valence-electron chi connectivity index (χ4n) is 3.19. The SMILES string of the molecule is CCN(C)CC1(CNC)CCCC(C)C1. The molecule has 15 heavy (non-hydrogen) atoms. The number of nitrogens with zero attached hydrogens (tertiary/aromatic N) is 1. The molecule has 1 aliphatic carbocycles. The summed E-state index contributed by atoms with van der Waals surface area (Å²) in [5, 5.41) is 3.40. The first-order chi connectivity index (χ1) is 7.12. The Bertz CT molecular complexity index is 177. The highest BCUT2D eigenvalue weighted by molar-refractivity contribution is 4.88.